The van der Waals surface area contributed by atoms with E-state index in [9.17, 15) is 4.79 Å². The van der Waals surface area contributed by atoms with Crippen molar-refractivity contribution in [1.82, 2.24) is 14.9 Å². The first-order valence-electron chi connectivity index (χ1n) is 9.29. The molecular weight excluding hydrogens is 342 g/mol. The molecular formula is C20H27N5O2. The van der Waals surface area contributed by atoms with Gasteiger partial charge in [0.15, 0.2) is 0 Å². The zero-order valence-corrected chi connectivity index (χ0v) is 16.2. The first kappa shape index (κ1) is 19.3. The van der Waals surface area contributed by atoms with Gasteiger partial charge in [-0.15, -0.1) is 0 Å². The van der Waals surface area contributed by atoms with Crippen LogP contribution >= 0.6 is 0 Å². The van der Waals surface area contributed by atoms with Crippen LogP contribution in [0.15, 0.2) is 24.3 Å². The first-order chi connectivity index (χ1) is 13.0. The van der Waals surface area contributed by atoms with E-state index in [1.54, 1.807) is 6.07 Å². The Labute approximate surface area is 160 Å². The number of hydrogen-bond acceptors (Lipinski definition) is 6. The third-order valence-corrected chi connectivity index (χ3v) is 4.67. The highest BCUT2D eigenvalue weighted by molar-refractivity contribution is 6.03. The predicted molar refractivity (Wildman–Crippen MR) is 106 cm³/mol. The lowest BCUT2D eigenvalue weighted by molar-refractivity contribution is 0.0398. The largest absolute Gasteiger partial charge is 0.379 e. The van der Waals surface area contributed by atoms with Crippen LogP contribution in [0.4, 0.5) is 11.6 Å². The van der Waals surface area contributed by atoms with Crippen molar-refractivity contribution in [3.05, 3.63) is 46.8 Å². The number of carbonyl (C=O) groups excluding carboxylic acids is 1. The van der Waals surface area contributed by atoms with Crippen molar-refractivity contribution in [1.29, 1.82) is 0 Å². The van der Waals surface area contributed by atoms with Crippen LogP contribution in [-0.4, -0.2) is 60.2 Å². The molecule has 0 unspecified atom stereocenters. The number of hydrogen-bond donors (Lipinski definition) is 2. The van der Waals surface area contributed by atoms with Gasteiger partial charge in [-0.25, -0.2) is 9.97 Å². The Kier molecular flexibility index (Phi) is 6.36. The smallest absolute Gasteiger partial charge is 0.274 e. The number of benzene rings is 1. The predicted octanol–water partition coefficient (Wildman–Crippen LogP) is 2.40. The van der Waals surface area contributed by atoms with Gasteiger partial charge in [-0.2, -0.15) is 0 Å². The lowest BCUT2D eigenvalue weighted by atomic mass is 10.1. The zero-order valence-electron chi connectivity index (χ0n) is 16.2. The first-order valence-corrected chi connectivity index (χ1v) is 9.29. The van der Waals surface area contributed by atoms with Crippen LogP contribution in [0.5, 0.6) is 0 Å². The number of aryl methyl sites for hydroxylation is 3. The Bertz CT molecular complexity index is 803. The maximum Gasteiger partial charge on any atom is 0.274 e. The summed E-state index contributed by atoms with van der Waals surface area (Å²) in [4.78, 5) is 23.7. The fourth-order valence-corrected chi connectivity index (χ4v) is 2.93. The molecule has 1 amide bonds. The van der Waals surface area contributed by atoms with E-state index in [2.05, 4.69) is 25.5 Å². The van der Waals surface area contributed by atoms with Crippen molar-refractivity contribution in [2.75, 3.05) is 50.0 Å². The maximum absolute atomic E-state index is 12.6. The molecule has 3 rings (SSSR count). The molecule has 2 N–H and O–H groups in total. The average Bonchev–Trinajstić information content (AvgIpc) is 2.65. The molecule has 1 aromatic heterocycles. The Balaban J connectivity index is 1.61. The lowest BCUT2D eigenvalue weighted by Gasteiger charge is -2.26. The SMILES string of the molecule is Cc1cc(C(=O)Nc2ccc(C)c(C)c2)nc(NCCN2CCOCC2)n1. The number of aromatic nitrogens is 2. The number of anilines is 2. The van der Waals surface area contributed by atoms with Crippen molar-refractivity contribution >= 4 is 17.5 Å². The van der Waals surface area contributed by atoms with Crippen LogP contribution in [0, 0.1) is 20.8 Å². The van der Waals surface area contributed by atoms with Crippen LogP contribution in [0.3, 0.4) is 0 Å². The Morgan fingerprint density at radius 2 is 1.89 bits per heavy atom. The Morgan fingerprint density at radius 3 is 2.63 bits per heavy atom. The van der Waals surface area contributed by atoms with Gasteiger partial charge in [-0.3, -0.25) is 9.69 Å². The van der Waals surface area contributed by atoms with Gasteiger partial charge in [0.2, 0.25) is 5.95 Å². The summed E-state index contributed by atoms with van der Waals surface area (Å²) in [5, 5.41) is 6.13. The molecule has 27 heavy (non-hydrogen) atoms. The summed E-state index contributed by atoms with van der Waals surface area (Å²) >= 11 is 0. The normalized spacial score (nSPS) is 14.8. The summed E-state index contributed by atoms with van der Waals surface area (Å²) in [5.74, 6) is 0.244. The molecule has 1 saturated heterocycles. The topological polar surface area (TPSA) is 79.4 Å². The highest BCUT2D eigenvalue weighted by Crippen LogP contribution is 2.15. The number of rotatable bonds is 6. The number of carbonyl (C=O) groups is 1. The fraction of sp³-hybridized carbons (Fsp3) is 0.450. The van der Waals surface area contributed by atoms with Crippen LogP contribution in [0.25, 0.3) is 0 Å². The molecule has 144 valence electrons. The van der Waals surface area contributed by atoms with E-state index in [0.717, 1.165) is 56.3 Å². The molecule has 2 aromatic rings. The average molecular weight is 369 g/mol. The molecule has 1 aromatic carbocycles. The molecule has 1 aliphatic heterocycles. The molecule has 7 nitrogen and oxygen atoms in total. The number of ether oxygens (including phenoxy) is 1. The summed E-state index contributed by atoms with van der Waals surface area (Å²) in [5.41, 5.74) is 4.20. The van der Waals surface area contributed by atoms with Gasteiger partial charge in [0.25, 0.3) is 5.91 Å². The molecule has 0 spiro atoms. The number of morpholine rings is 1. The summed E-state index contributed by atoms with van der Waals surface area (Å²) in [6.45, 7) is 11.0. The Hall–Kier alpha value is -2.51. The second kappa shape index (κ2) is 8.92. The van der Waals surface area contributed by atoms with Crippen LogP contribution in [-0.2, 0) is 4.74 Å². The van der Waals surface area contributed by atoms with E-state index in [1.807, 2.05) is 39.0 Å². The zero-order chi connectivity index (χ0) is 19.2. The van der Waals surface area contributed by atoms with E-state index in [4.69, 9.17) is 4.74 Å². The maximum atomic E-state index is 12.6. The van der Waals surface area contributed by atoms with Crippen LogP contribution < -0.4 is 10.6 Å². The molecule has 0 bridgehead atoms. The van der Waals surface area contributed by atoms with Crippen LogP contribution in [0.2, 0.25) is 0 Å². The monoisotopic (exact) mass is 369 g/mol. The summed E-state index contributed by atoms with van der Waals surface area (Å²) in [7, 11) is 0. The highest BCUT2D eigenvalue weighted by atomic mass is 16.5. The van der Waals surface area contributed by atoms with Gasteiger partial charge >= 0.3 is 0 Å². The highest BCUT2D eigenvalue weighted by Gasteiger charge is 2.13. The minimum atomic E-state index is -0.236. The fourth-order valence-electron chi connectivity index (χ4n) is 2.93. The summed E-state index contributed by atoms with van der Waals surface area (Å²) in [6.07, 6.45) is 0. The number of nitrogens with one attached hydrogen (secondary N) is 2. The second-order valence-corrected chi connectivity index (χ2v) is 6.85. The van der Waals surface area contributed by atoms with Crippen molar-refractivity contribution in [2.24, 2.45) is 0 Å². The van der Waals surface area contributed by atoms with Crippen LogP contribution in [0.1, 0.15) is 27.3 Å². The third-order valence-electron chi connectivity index (χ3n) is 4.67. The van der Waals surface area contributed by atoms with E-state index >= 15 is 0 Å². The molecule has 0 aliphatic carbocycles. The molecule has 2 heterocycles. The van der Waals surface area contributed by atoms with E-state index in [1.165, 1.54) is 5.56 Å². The molecule has 0 saturated carbocycles. The lowest BCUT2D eigenvalue weighted by Crippen LogP contribution is -2.39. The Morgan fingerprint density at radius 1 is 1.11 bits per heavy atom. The molecule has 0 atom stereocenters. The van der Waals surface area contributed by atoms with E-state index in [0.29, 0.717) is 11.6 Å². The standard InChI is InChI=1S/C20H27N5O2/c1-14-4-5-17(12-15(14)2)23-19(26)18-13-16(3)22-20(24-18)21-6-7-25-8-10-27-11-9-25/h4-5,12-13H,6-11H2,1-3H3,(H,23,26)(H,21,22,24). The van der Waals surface area contributed by atoms with Gasteiger partial charge in [0, 0.05) is 37.6 Å². The van der Waals surface area contributed by atoms with Gasteiger partial charge in [0.1, 0.15) is 5.69 Å². The molecule has 0 radical (unpaired) electrons. The van der Waals surface area contributed by atoms with Crippen molar-refractivity contribution in [3.8, 4) is 0 Å². The number of nitrogens with zero attached hydrogens (tertiary/aromatic N) is 3. The molecule has 1 fully saturated rings. The van der Waals surface area contributed by atoms with E-state index in [-0.39, 0.29) is 5.91 Å². The summed E-state index contributed by atoms with van der Waals surface area (Å²) < 4.78 is 5.35. The second-order valence-electron chi connectivity index (χ2n) is 6.85. The summed E-state index contributed by atoms with van der Waals surface area (Å²) in [6, 6.07) is 7.55. The number of amides is 1. The minimum Gasteiger partial charge on any atom is -0.379 e. The van der Waals surface area contributed by atoms with Gasteiger partial charge in [-0.05, 0) is 50.1 Å². The van der Waals surface area contributed by atoms with Gasteiger partial charge in [0.05, 0.1) is 13.2 Å². The minimum absolute atomic E-state index is 0.236. The van der Waals surface area contributed by atoms with Gasteiger partial charge < -0.3 is 15.4 Å². The molecule has 1 aliphatic rings. The van der Waals surface area contributed by atoms with Gasteiger partial charge in [-0.1, -0.05) is 6.07 Å². The van der Waals surface area contributed by atoms with Crippen molar-refractivity contribution in [2.45, 2.75) is 20.8 Å². The quantitative estimate of drug-likeness (QED) is 0.814. The third kappa shape index (κ3) is 5.48. The van der Waals surface area contributed by atoms with Crippen molar-refractivity contribution < 1.29 is 9.53 Å². The van der Waals surface area contributed by atoms with E-state index < -0.39 is 0 Å². The molecule has 7 heteroatoms. The van der Waals surface area contributed by atoms with Crippen molar-refractivity contribution in [3.63, 3.8) is 0 Å².